The first-order chi connectivity index (χ1) is 5.68. The first-order valence-electron chi connectivity index (χ1n) is 5.36. The van der Waals surface area contributed by atoms with E-state index in [2.05, 4.69) is 20.8 Å². The van der Waals surface area contributed by atoms with E-state index < -0.39 is 0 Å². The van der Waals surface area contributed by atoms with Crippen molar-refractivity contribution in [3.05, 3.63) is 0 Å². The normalized spacial score (nSPS) is 23.0. The van der Waals surface area contributed by atoms with Gasteiger partial charge < -0.3 is 4.74 Å². The molecule has 0 saturated heterocycles. The fourth-order valence-electron chi connectivity index (χ4n) is 2.25. The smallest absolute Gasteiger partial charge is 0.0683 e. The van der Waals surface area contributed by atoms with Crippen LogP contribution in [0.15, 0.2) is 0 Å². The summed E-state index contributed by atoms with van der Waals surface area (Å²) in [5, 5.41) is 0. The highest BCUT2D eigenvalue weighted by atomic mass is 16.5. The van der Waals surface area contributed by atoms with Crippen molar-refractivity contribution in [1.82, 2.24) is 0 Å². The third-order valence-electron chi connectivity index (χ3n) is 2.89. The Labute approximate surface area is 76.5 Å². The molecule has 1 heteroatoms. The first-order valence-corrected chi connectivity index (χ1v) is 5.36. The van der Waals surface area contributed by atoms with Crippen LogP contribution in [0, 0.1) is 0 Å². The summed E-state index contributed by atoms with van der Waals surface area (Å²) in [6.45, 7) is 6.55. The third kappa shape index (κ3) is 2.48. The summed E-state index contributed by atoms with van der Waals surface area (Å²) in [6, 6.07) is 0. The summed E-state index contributed by atoms with van der Waals surface area (Å²) in [5.41, 5.74) is 0.242. The zero-order valence-corrected chi connectivity index (χ0v) is 8.73. The Morgan fingerprint density at radius 2 is 1.75 bits per heavy atom. The van der Waals surface area contributed by atoms with Crippen molar-refractivity contribution < 1.29 is 4.74 Å². The van der Waals surface area contributed by atoms with E-state index >= 15 is 0 Å². The molecule has 0 amide bonds. The van der Waals surface area contributed by atoms with Gasteiger partial charge in [-0.2, -0.15) is 0 Å². The molecule has 1 fully saturated rings. The molecule has 0 heterocycles. The predicted molar refractivity (Wildman–Crippen MR) is 52.3 cm³/mol. The standard InChI is InChI=1S/C11H22O/c1-4-11(12-10(2)3)8-6-5-7-9-11/h10H,4-9H2,1-3H3. The molecule has 1 nitrogen and oxygen atoms in total. The zero-order valence-electron chi connectivity index (χ0n) is 8.73. The Morgan fingerprint density at radius 3 is 2.17 bits per heavy atom. The van der Waals surface area contributed by atoms with Gasteiger partial charge in [-0.15, -0.1) is 0 Å². The number of rotatable bonds is 3. The molecule has 1 saturated carbocycles. The van der Waals surface area contributed by atoms with E-state index in [9.17, 15) is 0 Å². The van der Waals surface area contributed by atoms with Crippen LogP contribution in [-0.2, 0) is 4.74 Å². The number of hydrogen-bond donors (Lipinski definition) is 0. The molecular weight excluding hydrogens is 148 g/mol. The molecule has 0 aliphatic heterocycles. The van der Waals surface area contributed by atoms with Crippen LogP contribution in [0.5, 0.6) is 0 Å². The molecule has 1 aliphatic rings. The van der Waals surface area contributed by atoms with Gasteiger partial charge in [-0.05, 0) is 33.1 Å². The van der Waals surface area contributed by atoms with Crippen molar-refractivity contribution in [2.45, 2.75) is 71.0 Å². The van der Waals surface area contributed by atoms with Crippen molar-refractivity contribution in [3.8, 4) is 0 Å². The van der Waals surface area contributed by atoms with Gasteiger partial charge in [0.15, 0.2) is 0 Å². The van der Waals surface area contributed by atoms with Crippen molar-refractivity contribution >= 4 is 0 Å². The fourth-order valence-corrected chi connectivity index (χ4v) is 2.25. The highest BCUT2D eigenvalue weighted by Gasteiger charge is 2.31. The predicted octanol–water partition coefficient (Wildman–Crippen LogP) is 3.52. The Bertz CT molecular complexity index is 123. The summed E-state index contributed by atoms with van der Waals surface area (Å²) in [5.74, 6) is 0. The van der Waals surface area contributed by atoms with E-state index in [0.29, 0.717) is 6.10 Å². The summed E-state index contributed by atoms with van der Waals surface area (Å²) in [6.07, 6.45) is 8.27. The molecular formula is C11H22O. The maximum absolute atomic E-state index is 6.03. The van der Waals surface area contributed by atoms with Gasteiger partial charge in [0.25, 0.3) is 0 Å². The van der Waals surface area contributed by atoms with Crippen molar-refractivity contribution in [2.75, 3.05) is 0 Å². The van der Waals surface area contributed by atoms with Gasteiger partial charge >= 0.3 is 0 Å². The molecule has 0 N–H and O–H groups in total. The summed E-state index contributed by atoms with van der Waals surface area (Å²) < 4.78 is 6.03. The van der Waals surface area contributed by atoms with Crippen LogP contribution in [0.4, 0.5) is 0 Å². The Morgan fingerprint density at radius 1 is 1.17 bits per heavy atom. The van der Waals surface area contributed by atoms with Crippen LogP contribution < -0.4 is 0 Å². The average molecular weight is 170 g/mol. The topological polar surface area (TPSA) is 9.23 Å². The second kappa shape index (κ2) is 4.27. The molecule has 0 bridgehead atoms. The quantitative estimate of drug-likeness (QED) is 0.629. The minimum absolute atomic E-state index is 0.242. The minimum Gasteiger partial charge on any atom is -0.372 e. The monoisotopic (exact) mass is 170 g/mol. The lowest BCUT2D eigenvalue weighted by molar-refractivity contribution is -0.103. The van der Waals surface area contributed by atoms with Gasteiger partial charge in [0, 0.05) is 0 Å². The van der Waals surface area contributed by atoms with E-state index in [0.717, 1.165) is 0 Å². The molecule has 1 aliphatic carbocycles. The molecule has 0 aromatic carbocycles. The largest absolute Gasteiger partial charge is 0.372 e. The van der Waals surface area contributed by atoms with Crippen molar-refractivity contribution in [2.24, 2.45) is 0 Å². The van der Waals surface area contributed by atoms with Crippen molar-refractivity contribution in [1.29, 1.82) is 0 Å². The molecule has 0 radical (unpaired) electrons. The molecule has 1 rings (SSSR count). The second-order valence-corrected chi connectivity index (χ2v) is 4.26. The van der Waals surface area contributed by atoms with E-state index in [-0.39, 0.29) is 5.60 Å². The van der Waals surface area contributed by atoms with E-state index in [4.69, 9.17) is 4.74 Å². The van der Waals surface area contributed by atoms with Gasteiger partial charge in [0.2, 0.25) is 0 Å². The highest BCUT2D eigenvalue weighted by Crippen LogP contribution is 2.35. The minimum atomic E-state index is 0.242. The van der Waals surface area contributed by atoms with Crippen LogP contribution in [-0.4, -0.2) is 11.7 Å². The highest BCUT2D eigenvalue weighted by molar-refractivity contribution is 4.83. The van der Waals surface area contributed by atoms with Crippen molar-refractivity contribution in [3.63, 3.8) is 0 Å². The van der Waals surface area contributed by atoms with Crippen LogP contribution in [0.25, 0.3) is 0 Å². The number of hydrogen-bond acceptors (Lipinski definition) is 1. The first kappa shape index (κ1) is 10.0. The van der Waals surface area contributed by atoms with E-state index in [1.807, 2.05) is 0 Å². The third-order valence-corrected chi connectivity index (χ3v) is 2.89. The average Bonchev–Trinajstić information content (AvgIpc) is 2.05. The molecule has 0 aromatic rings. The molecule has 0 atom stereocenters. The lowest BCUT2D eigenvalue weighted by Gasteiger charge is -2.38. The van der Waals surface area contributed by atoms with Gasteiger partial charge in [0.05, 0.1) is 11.7 Å². The van der Waals surface area contributed by atoms with Crippen LogP contribution in [0.2, 0.25) is 0 Å². The lowest BCUT2D eigenvalue weighted by Crippen LogP contribution is -2.36. The SMILES string of the molecule is CCC1(OC(C)C)CCCCC1. The second-order valence-electron chi connectivity index (χ2n) is 4.26. The van der Waals surface area contributed by atoms with Crippen LogP contribution >= 0.6 is 0 Å². The van der Waals surface area contributed by atoms with Gasteiger partial charge in [-0.1, -0.05) is 26.2 Å². The summed E-state index contributed by atoms with van der Waals surface area (Å²) >= 11 is 0. The van der Waals surface area contributed by atoms with Gasteiger partial charge in [-0.3, -0.25) is 0 Å². The summed E-state index contributed by atoms with van der Waals surface area (Å²) in [4.78, 5) is 0. The molecule has 12 heavy (non-hydrogen) atoms. The molecule has 72 valence electrons. The van der Waals surface area contributed by atoms with E-state index in [1.165, 1.54) is 38.5 Å². The Kier molecular flexibility index (Phi) is 3.57. The maximum Gasteiger partial charge on any atom is 0.0683 e. The van der Waals surface area contributed by atoms with E-state index in [1.54, 1.807) is 0 Å². The van der Waals surface area contributed by atoms with Crippen LogP contribution in [0.3, 0.4) is 0 Å². The molecule has 0 spiro atoms. The lowest BCUT2D eigenvalue weighted by atomic mass is 9.82. The molecule has 0 aromatic heterocycles. The van der Waals surface area contributed by atoms with Gasteiger partial charge in [0.1, 0.15) is 0 Å². The number of ether oxygens (including phenoxy) is 1. The maximum atomic E-state index is 6.03. The summed E-state index contributed by atoms with van der Waals surface area (Å²) in [7, 11) is 0. The zero-order chi connectivity index (χ0) is 9.03. The Balaban J connectivity index is 2.48. The van der Waals surface area contributed by atoms with Gasteiger partial charge in [-0.25, -0.2) is 0 Å². The molecule has 0 unspecified atom stereocenters. The van der Waals surface area contributed by atoms with Crippen LogP contribution in [0.1, 0.15) is 59.3 Å². The fraction of sp³-hybridized carbons (Fsp3) is 1.00. The Hall–Kier alpha value is -0.0400.